The van der Waals surface area contributed by atoms with Crippen molar-refractivity contribution < 1.29 is 4.74 Å². The molecule has 0 saturated carbocycles. The topological polar surface area (TPSA) is 21.3 Å². The fraction of sp³-hybridized carbons (Fsp3) is 0.412. The molecule has 1 aliphatic rings. The summed E-state index contributed by atoms with van der Waals surface area (Å²) < 4.78 is 5.39. The molecule has 1 heterocycles. The zero-order valence-electron chi connectivity index (χ0n) is 11.3. The van der Waals surface area contributed by atoms with Gasteiger partial charge in [0.15, 0.2) is 0 Å². The van der Waals surface area contributed by atoms with E-state index in [0.29, 0.717) is 0 Å². The van der Waals surface area contributed by atoms with Crippen molar-refractivity contribution in [3.63, 3.8) is 0 Å². The number of ether oxygens (including phenoxy) is 1. The van der Waals surface area contributed by atoms with E-state index in [0.717, 1.165) is 32.2 Å². The van der Waals surface area contributed by atoms with Gasteiger partial charge in [-0.15, -0.1) is 0 Å². The Hall–Kier alpha value is -1.38. The first-order valence-electron chi connectivity index (χ1n) is 7.18. The van der Waals surface area contributed by atoms with Crippen molar-refractivity contribution in [3.8, 4) is 0 Å². The summed E-state index contributed by atoms with van der Waals surface area (Å²) in [5.41, 5.74) is 1.36. The molecule has 0 aromatic heterocycles. The number of nitrogens with one attached hydrogen (secondary N) is 1. The third-order valence-electron chi connectivity index (χ3n) is 3.90. The average molecular weight is 255 g/mol. The molecular weight excluding hydrogens is 234 g/mol. The van der Waals surface area contributed by atoms with Crippen LogP contribution in [0.3, 0.4) is 0 Å². The van der Waals surface area contributed by atoms with Crippen molar-refractivity contribution in [1.82, 2.24) is 5.32 Å². The molecule has 100 valence electrons. The van der Waals surface area contributed by atoms with E-state index < -0.39 is 0 Å². The third kappa shape index (κ3) is 3.34. The van der Waals surface area contributed by atoms with Crippen molar-refractivity contribution >= 4 is 10.8 Å². The predicted molar refractivity (Wildman–Crippen MR) is 79.2 cm³/mol. The van der Waals surface area contributed by atoms with Crippen LogP contribution in [0.4, 0.5) is 0 Å². The van der Waals surface area contributed by atoms with Crippen LogP contribution in [0.25, 0.3) is 10.8 Å². The molecule has 0 amide bonds. The Morgan fingerprint density at radius 2 is 2.00 bits per heavy atom. The van der Waals surface area contributed by atoms with Gasteiger partial charge < -0.3 is 10.1 Å². The molecule has 0 aliphatic carbocycles. The van der Waals surface area contributed by atoms with Crippen molar-refractivity contribution in [2.75, 3.05) is 19.8 Å². The summed E-state index contributed by atoms with van der Waals surface area (Å²) in [6, 6.07) is 15.2. The van der Waals surface area contributed by atoms with E-state index in [9.17, 15) is 0 Å². The van der Waals surface area contributed by atoms with Crippen LogP contribution in [-0.4, -0.2) is 19.8 Å². The molecule has 19 heavy (non-hydrogen) atoms. The summed E-state index contributed by atoms with van der Waals surface area (Å²) in [7, 11) is 0. The van der Waals surface area contributed by atoms with Crippen LogP contribution in [0.5, 0.6) is 0 Å². The highest BCUT2D eigenvalue weighted by Gasteiger charge is 2.14. The molecule has 0 radical (unpaired) electrons. The minimum absolute atomic E-state index is 0.768. The second-order valence-electron chi connectivity index (χ2n) is 5.38. The van der Waals surface area contributed by atoms with Crippen LogP contribution >= 0.6 is 0 Å². The Balaban J connectivity index is 1.50. The highest BCUT2D eigenvalue weighted by molar-refractivity contribution is 5.82. The van der Waals surface area contributed by atoms with Crippen LogP contribution in [0.2, 0.25) is 0 Å². The SMILES string of the molecule is c1ccc2cc(CNCCC3CCOC3)ccc2c1. The highest BCUT2D eigenvalue weighted by atomic mass is 16.5. The Bertz CT molecular complexity index is 532. The van der Waals surface area contributed by atoms with Gasteiger partial charge in [0.2, 0.25) is 0 Å². The maximum absolute atomic E-state index is 5.39. The number of hydrogen-bond donors (Lipinski definition) is 1. The molecule has 1 aliphatic heterocycles. The van der Waals surface area contributed by atoms with Gasteiger partial charge in [-0.25, -0.2) is 0 Å². The lowest BCUT2D eigenvalue weighted by molar-refractivity contribution is 0.184. The van der Waals surface area contributed by atoms with E-state index in [1.807, 2.05) is 0 Å². The lowest BCUT2D eigenvalue weighted by Gasteiger charge is -2.09. The fourth-order valence-corrected chi connectivity index (χ4v) is 2.70. The maximum atomic E-state index is 5.39. The van der Waals surface area contributed by atoms with Crippen LogP contribution in [0.1, 0.15) is 18.4 Å². The van der Waals surface area contributed by atoms with Gasteiger partial charge in [-0.05, 0) is 47.7 Å². The van der Waals surface area contributed by atoms with Crippen LogP contribution in [-0.2, 0) is 11.3 Å². The van der Waals surface area contributed by atoms with Crippen molar-refractivity contribution in [2.24, 2.45) is 5.92 Å². The first kappa shape index (κ1) is 12.6. The average Bonchev–Trinajstić information content (AvgIpc) is 2.97. The highest BCUT2D eigenvalue weighted by Crippen LogP contribution is 2.17. The Kier molecular flexibility index (Phi) is 4.11. The molecule has 2 aromatic carbocycles. The molecule has 0 bridgehead atoms. The minimum atomic E-state index is 0.768. The summed E-state index contributed by atoms with van der Waals surface area (Å²) in [6.07, 6.45) is 2.46. The van der Waals surface area contributed by atoms with Gasteiger partial charge in [-0.1, -0.05) is 36.4 Å². The van der Waals surface area contributed by atoms with Crippen molar-refractivity contribution in [2.45, 2.75) is 19.4 Å². The zero-order chi connectivity index (χ0) is 12.9. The quantitative estimate of drug-likeness (QED) is 0.827. The molecule has 1 N–H and O–H groups in total. The van der Waals surface area contributed by atoms with Gasteiger partial charge >= 0.3 is 0 Å². The second kappa shape index (κ2) is 6.18. The van der Waals surface area contributed by atoms with E-state index in [2.05, 4.69) is 47.8 Å². The van der Waals surface area contributed by atoms with Gasteiger partial charge in [0.1, 0.15) is 0 Å². The molecule has 3 rings (SSSR count). The molecule has 1 unspecified atom stereocenters. The van der Waals surface area contributed by atoms with Gasteiger partial charge in [0.05, 0.1) is 0 Å². The molecule has 2 nitrogen and oxygen atoms in total. The predicted octanol–water partition coefficient (Wildman–Crippen LogP) is 3.36. The summed E-state index contributed by atoms with van der Waals surface area (Å²) >= 11 is 0. The van der Waals surface area contributed by atoms with Crippen LogP contribution in [0.15, 0.2) is 42.5 Å². The lowest BCUT2D eigenvalue weighted by Crippen LogP contribution is -2.17. The Labute approximate surface area is 114 Å². The molecule has 2 heteroatoms. The third-order valence-corrected chi connectivity index (χ3v) is 3.90. The monoisotopic (exact) mass is 255 g/mol. The summed E-state index contributed by atoms with van der Waals surface area (Å²) in [6.45, 7) is 3.95. The number of benzene rings is 2. The van der Waals surface area contributed by atoms with Crippen molar-refractivity contribution in [3.05, 3.63) is 48.0 Å². The van der Waals surface area contributed by atoms with E-state index in [-0.39, 0.29) is 0 Å². The van der Waals surface area contributed by atoms with E-state index in [1.54, 1.807) is 0 Å². The number of rotatable bonds is 5. The summed E-state index contributed by atoms with van der Waals surface area (Å²) in [4.78, 5) is 0. The van der Waals surface area contributed by atoms with Crippen LogP contribution in [0, 0.1) is 5.92 Å². The lowest BCUT2D eigenvalue weighted by atomic mass is 10.0. The Morgan fingerprint density at radius 1 is 1.11 bits per heavy atom. The first-order chi connectivity index (χ1) is 9.42. The molecule has 2 aromatic rings. The first-order valence-corrected chi connectivity index (χ1v) is 7.18. The van der Waals surface area contributed by atoms with Crippen molar-refractivity contribution in [1.29, 1.82) is 0 Å². The minimum Gasteiger partial charge on any atom is -0.381 e. The van der Waals surface area contributed by atoms with Gasteiger partial charge in [-0.2, -0.15) is 0 Å². The van der Waals surface area contributed by atoms with Crippen LogP contribution < -0.4 is 5.32 Å². The summed E-state index contributed by atoms with van der Waals surface area (Å²) in [5.74, 6) is 0.768. The molecule has 0 spiro atoms. The normalized spacial score (nSPS) is 19.1. The molecule has 1 atom stereocenters. The van der Waals surface area contributed by atoms with E-state index in [4.69, 9.17) is 4.74 Å². The smallest absolute Gasteiger partial charge is 0.0495 e. The molecule has 1 saturated heterocycles. The number of hydrogen-bond acceptors (Lipinski definition) is 2. The molecular formula is C17H21NO. The van der Waals surface area contributed by atoms with Gasteiger partial charge in [0.25, 0.3) is 0 Å². The fourth-order valence-electron chi connectivity index (χ4n) is 2.70. The van der Waals surface area contributed by atoms with Gasteiger partial charge in [-0.3, -0.25) is 0 Å². The van der Waals surface area contributed by atoms with Gasteiger partial charge in [0, 0.05) is 19.8 Å². The molecule has 1 fully saturated rings. The maximum Gasteiger partial charge on any atom is 0.0495 e. The second-order valence-corrected chi connectivity index (χ2v) is 5.38. The number of fused-ring (bicyclic) bond motifs is 1. The van der Waals surface area contributed by atoms with E-state index in [1.165, 1.54) is 29.2 Å². The Morgan fingerprint density at radius 3 is 2.84 bits per heavy atom. The zero-order valence-corrected chi connectivity index (χ0v) is 11.3. The summed E-state index contributed by atoms with van der Waals surface area (Å²) in [5, 5.41) is 6.18. The van der Waals surface area contributed by atoms with E-state index >= 15 is 0 Å². The largest absolute Gasteiger partial charge is 0.381 e. The standard InChI is InChI=1S/C17H21NO/c1-2-4-17-11-15(5-6-16(17)3-1)12-18-9-7-14-8-10-19-13-14/h1-6,11,14,18H,7-10,12-13H2.